The van der Waals surface area contributed by atoms with E-state index in [0.717, 1.165) is 181 Å². The molecule has 0 aromatic carbocycles. The highest BCUT2D eigenvalue weighted by Crippen LogP contribution is 3.65. The van der Waals surface area contributed by atoms with Gasteiger partial charge in [-0.25, -0.2) is 0 Å². The van der Waals surface area contributed by atoms with Crippen LogP contribution in [-0.4, -0.2) is 0 Å². The van der Waals surface area contributed by atoms with Crippen molar-refractivity contribution in [3.8, 4) is 0 Å². The van der Waals surface area contributed by atoms with Crippen molar-refractivity contribution in [2.24, 2.45) is 393 Å². The van der Waals surface area contributed by atoms with Crippen molar-refractivity contribution in [3.63, 3.8) is 0 Å². The lowest BCUT2D eigenvalue weighted by molar-refractivity contribution is -1.14. The lowest BCUT2D eigenvalue weighted by Gasteiger charge is -3.59. The third kappa shape index (κ3) is 1.43. The summed E-state index contributed by atoms with van der Waals surface area (Å²) in [6.07, 6.45) is 18.0. The summed E-state index contributed by atoms with van der Waals surface area (Å²) in [5.74, 6) is 34.5. The van der Waals surface area contributed by atoms with Gasteiger partial charge in [0, 0.05) is 0 Å². The highest BCUT2D eigenvalue weighted by molar-refractivity contribution is 6.29. The molecule has 0 aromatic heterocycles. The zero-order valence-corrected chi connectivity index (χ0v) is 68.4. The van der Waals surface area contributed by atoms with E-state index in [2.05, 4.69) is 152 Å². The van der Waals surface area contributed by atoms with Gasteiger partial charge >= 0.3 is 0 Å². The molecule has 0 heteroatoms. The fourth-order valence-electron chi connectivity index (χ4n) is 90.3. The van der Waals surface area contributed by atoms with Crippen LogP contribution in [0.4, 0.5) is 0 Å². The van der Waals surface area contributed by atoms with Crippen LogP contribution in [0.5, 0.6) is 0 Å². The molecule has 0 bridgehead atoms. The van der Waals surface area contributed by atoms with E-state index in [1.165, 1.54) is 168 Å². The standard InChI is InChI=1S/2C41H44.C20H20.C4H8/c2*1-13-17-19-15-12-16-20-21-18-14(2)23(5)27(9)25(7)22(3,4)26(8)29(11)28(10)24(13,6)31(17)33(19)30(15,16)34(20)35(21)32(18,23)37(27)36(25,26)39(29)38(28,31)40(33,34)41(35,37)39;1-2-16-5-10-14-12-8-3-6-4-9-13-15-11(7(1)16)18(10,16)20(14,15)19(12,13)17(6,8)9;1-2-4-3-1/h2*13-21H,12H2,1-11H3;6-15H,1-5H2;1-4H2. The van der Waals surface area contributed by atoms with Crippen LogP contribution in [0.25, 0.3) is 0 Å². The van der Waals surface area contributed by atoms with Gasteiger partial charge in [0.05, 0.1) is 0 Å². The fourth-order valence-corrected chi connectivity index (χ4v) is 90.3. The van der Waals surface area contributed by atoms with Crippen LogP contribution in [0.2, 0.25) is 0 Å². The van der Waals surface area contributed by atoms with E-state index in [9.17, 15) is 0 Å². The summed E-state index contributed by atoms with van der Waals surface area (Å²) in [6, 6.07) is 0. The summed E-state index contributed by atoms with van der Waals surface area (Å²) in [6.45, 7) is 65.3. The van der Waals surface area contributed by atoms with Gasteiger partial charge in [-0.05, 0) is 454 Å². The third-order valence-corrected chi connectivity index (χ3v) is 79.5. The Bertz CT molecular complexity index is 5900. The molecule has 0 heterocycles. The van der Waals surface area contributed by atoms with Gasteiger partial charge in [-0.1, -0.05) is 178 Å². The van der Waals surface area contributed by atoms with Gasteiger partial charge in [0.2, 0.25) is 0 Å². The van der Waals surface area contributed by atoms with E-state index in [4.69, 9.17) is 0 Å². The SMILES string of the molecule is C1CC23CC4C5C6C7CC8CC9C%10C%11C(C12)C43C5%11C6%10C879.C1CCC1.CC1C2C3C4CC5C6C7C8C(C)C9(C)C%10(C)C%11(C)C(C)(C)C%12(C)C%13(C)C%14(C)C1(C)C21C32C45C63C74C89C%105C%11%12C%136C%141C23C456.CC1C2C3C4CC5C6C7C8C(C)C9(C)C%10(C)C%11(C)C(C)(C)C%12(C)C%13(C)C%14(C)C1(C)C21C32C45C63C74C89C%105C%11%12C%136C%141C23C456. The molecular formula is C106H116. The molecule has 52 aliphatic rings. The second-order valence-electron chi connectivity index (χ2n) is 62.5. The monoisotopic (exact) mass is 1390 g/mol. The zero-order valence-electron chi connectivity index (χ0n) is 68.4. The van der Waals surface area contributed by atoms with Crippen LogP contribution in [0.15, 0.2) is 0 Å². The van der Waals surface area contributed by atoms with Crippen LogP contribution in [0.3, 0.4) is 0 Å². The second-order valence-corrected chi connectivity index (χ2v) is 62.5. The molecule has 0 nitrogen and oxygen atoms in total. The predicted octanol–water partition coefficient (Wildman–Crippen LogP) is 19.3. The molecule has 52 aliphatic carbocycles. The summed E-state index contributed by atoms with van der Waals surface area (Å²) in [4.78, 5) is 0. The van der Waals surface area contributed by atoms with Gasteiger partial charge in [-0.3, -0.25) is 0 Å². The van der Waals surface area contributed by atoms with Gasteiger partial charge in [0.1, 0.15) is 0 Å². The molecular weight excluding hydrogens is 1270 g/mol. The predicted molar refractivity (Wildman–Crippen MR) is 385 cm³/mol. The summed E-state index contributed by atoms with van der Waals surface area (Å²) in [5.41, 5.74) is 36.2. The van der Waals surface area contributed by atoms with Gasteiger partial charge in [-0.15, -0.1) is 0 Å². The van der Waals surface area contributed by atoms with Crippen LogP contribution >= 0.6 is 0 Å². The molecule has 0 amide bonds. The van der Waals surface area contributed by atoms with Gasteiger partial charge in [-0.2, -0.15) is 0 Å². The average Bonchev–Trinajstić information content (AvgIpc) is 0.441. The Morgan fingerprint density at radius 2 is 0.557 bits per heavy atom. The van der Waals surface area contributed by atoms with Crippen molar-refractivity contribution in [2.45, 2.75) is 223 Å². The molecule has 0 radical (unpaired) electrons. The maximum absolute atomic E-state index is 3.08. The van der Waals surface area contributed by atoms with E-state index in [1.54, 1.807) is 44.9 Å². The molecule has 52 fully saturated rings. The molecule has 0 N–H and O–H groups in total. The van der Waals surface area contributed by atoms with Crippen LogP contribution < -0.4 is 0 Å². The number of hydrogen-bond donors (Lipinski definition) is 0. The summed E-state index contributed by atoms with van der Waals surface area (Å²) in [7, 11) is 0. The number of hydrogen-bond acceptors (Lipinski definition) is 0. The topological polar surface area (TPSA) is 0 Å². The van der Waals surface area contributed by atoms with E-state index in [-0.39, 0.29) is 0 Å². The van der Waals surface area contributed by atoms with Crippen LogP contribution in [0, 0.1) is 409 Å². The molecule has 71 atom stereocenters. The quantitative estimate of drug-likeness (QED) is 0.227. The largest absolute Gasteiger partial charge is 0.0616 e. The second kappa shape index (κ2) is 8.52. The first kappa shape index (κ1) is 49.3. The summed E-state index contributed by atoms with van der Waals surface area (Å²) in [5, 5.41) is 0. The Morgan fingerprint density at radius 3 is 0.953 bits per heavy atom. The molecule has 29 spiro atoms. The molecule has 52 rings (SSSR count). The van der Waals surface area contributed by atoms with Crippen molar-refractivity contribution < 1.29 is 0 Å². The molecule has 0 saturated heterocycles. The maximum Gasteiger partial charge on any atom is -0.000442 e. The minimum atomic E-state index is 0.479. The smallest absolute Gasteiger partial charge is 0.000442 e. The Balaban J connectivity index is 0.0000000688. The van der Waals surface area contributed by atoms with Crippen LogP contribution in [-0.2, 0) is 0 Å². The van der Waals surface area contributed by atoms with Gasteiger partial charge in [0.25, 0.3) is 0 Å². The highest BCUT2D eigenvalue weighted by atomic mass is 15.7. The zero-order chi connectivity index (χ0) is 68.4. The van der Waals surface area contributed by atoms with E-state index in [0.29, 0.717) is 86.6 Å². The van der Waals surface area contributed by atoms with E-state index in [1.807, 2.05) is 0 Å². The first-order chi connectivity index (χ1) is 50.2. The third-order valence-electron chi connectivity index (χ3n) is 79.5. The molecule has 0 aromatic rings. The molecule has 106 heavy (non-hydrogen) atoms. The van der Waals surface area contributed by atoms with Crippen molar-refractivity contribution >= 4 is 0 Å². The molecule has 540 valence electrons. The highest BCUT2D eigenvalue weighted by Gasteiger charge is 3.63. The molecule has 71 unspecified atom stereocenters. The fraction of sp³-hybridized carbons (Fsp3) is 1.00. The minimum absolute atomic E-state index is 0.479. The number of fused-ring (bicyclic) bond motifs is 27. The number of rotatable bonds is 0. The van der Waals surface area contributed by atoms with Crippen molar-refractivity contribution in [1.29, 1.82) is 0 Å². The molecule has 52 saturated carbocycles. The van der Waals surface area contributed by atoms with Crippen molar-refractivity contribution in [2.75, 3.05) is 0 Å². The Morgan fingerprint density at radius 1 is 0.217 bits per heavy atom. The summed E-state index contributed by atoms with van der Waals surface area (Å²) >= 11 is 0. The average molecular weight is 1390 g/mol. The van der Waals surface area contributed by atoms with Crippen LogP contribution in [0.1, 0.15) is 223 Å². The Kier molecular flexibility index (Phi) is 3.96. The first-order valence-electron chi connectivity index (χ1n) is 50.2. The van der Waals surface area contributed by atoms with Crippen molar-refractivity contribution in [3.05, 3.63) is 16.2 Å². The Labute approximate surface area is 628 Å². The lowest BCUT2D eigenvalue weighted by atomic mass is 8.43. The van der Waals surface area contributed by atoms with Gasteiger partial charge < -0.3 is 0 Å². The maximum atomic E-state index is 3.08. The lowest BCUT2D eigenvalue weighted by Crippen LogP contribution is -3.58. The summed E-state index contributed by atoms with van der Waals surface area (Å²) < 4.78 is 0. The van der Waals surface area contributed by atoms with E-state index < -0.39 is 0 Å². The molecule has 0 aliphatic heterocycles. The van der Waals surface area contributed by atoms with Crippen molar-refractivity contribution in [1.82, 2.24) is 0 Å². The first-order valence-corrected chi connectivity index (χ1v) is 50.2. The minimum Gasteiger partial charge on any atom is -0.0616 e. The van der Waals surface area contributed by atoms with Gasteiger partial charge in [0.15, 0.2) is 0 Å². The normalized spacial score (nSPS) is 111. The Hall–Kier alpha value is 0. The van der Waals surface area contributed by atoms with E-state index >= 15 is 0 Å².